The molecule has 80 valence electrons. The second kappa shape index (κ2) is 4.51. The van der Waals surface area contributed by atoms with E-state index in [1.807, 2.05) is 6.07 Å². The Morgan fingerprint density at radius 2 is 2.12 bits per heavy atom. The molecule has 0 amide bonds. The molecule has 0 bridgehead atoms. The van der Waals surface area contributed by atoms with Crippen LogP contribution in [0.3, 0.4) is 0 Å². The van der Waals surface area contributed by atoms with Crippen molar-refractivity contribution in [3.8, 4) is 17.3 Å². The quantitative estimate of drug-likeness (QED) is 0.798. The minimum atomic E-state index is -0.205. The summed E-state index contributed by atoms with van der Waals surface area (Å²) in [4.78, 5) is 3.91. The fraction of sp³-hybridized carbons (Fsp3) is 0.200. The van der Waals surface area contributed by atoms with E-state index in [1.54, 1.807) is 24.5 Å². The summed E-state index contributed by atoms with van der Waals surface area (Å²) >= 11 is 0. The first-order valence-electron chi connectivity index (χ1n) is 4.67. The van der Waals surface area contributed by atoms with Crippen LogP contribution in [-0.2, 0) is 13.2 Å². The van der Waals surface area contributed by atoms with Crippen molar-refractivity contribution in [2.75, 3.05) is 0 Å². The standard InChI is InChI=1S/C10H9N5O/c11-3-6-15-10(9(7-16)13-14-15)8-1-4-12-5-2-8/h1-2,4-5,16H,6-7H2. The number of hydrogen-bond acceptors (Lipinski definition) is 5. The van der Waals surface area contributed by atoms with E-state index in [1.165, 1.54) is 4.68 Å². The van der Waals surface area contributed by atoms with Crippen molar-refractivity contribution in [1.29, 1.82) is 5.26 Å². The normalized spacial score (nSPS) is 10.0. The third-order valence-electron chi connectivity index (χ3n) is 2.13. The molecule has 0 radical (unpaired) electrons. The van der Waals surface area contributed by atoms with Crippen molar-refractivity contribution in [3.05, 3.63) is 30.2 Å². The van der Waals surface area contributed by atoms with Gasteiger partial charge in [0.2, 0.25) is 0 Å². The third kappa shape index (κ3) is 1.76. The summed E-state index contributed by atoms with van der Waals surface area (Å²) in [5, 5.41) is 25.4. The van der Waals surface area contributed by atoms with Gasteiger partial charge in [0.1, 0.15) is 12.2 Å². The molecule has 16 heavy (non-hydrogen) atoms. The molecule has 0 fully saturated rings. The second-order valence-corrected chi connectivity index (χ2v) is 3.09. The van der Waals surface area contributed by atoms with Gasteiger partial charge in [-0.25, -0.2) is 4.68 Å². The zero-order valence-electron chi connectivity index (χ0n) is 8.41. The highest BCUT2D eigenvalue weighted by Gasteiger charge is 2.13. The van der Waals surface area contributed by atoms with Crippen LogP contribution in [0.25, 0.3) is 11.3 Å². The van der Waals surface area contributed by atoms with Gasteiger partial charge in [0.15, 0.2) is 0 Å². The van der Waals surface area contributed by atoms with E-state index in [-0.39, 0.29) is 13.2 Å². The van der Waals surface area contributed by atoms with Gasteiger partial charge in [-0.05, 0) is 12.1 Å². The molecule has 0 atom stereocenters. The zero-order valence-corrected chi connectivity index (χ0v) is 8.41. The lowest BCUT2D eigenvalue weighted by Crippen LogP contribution is -2.01. The Hall–Kier alpha value is -2.26. The highest BCUT2D eigenvalue weighted by molar-refractivity contribution is 5.61. The van der Waals surface area contributed by atoms with Crippen molar-refractivity contribution in [2.24, 2.45) is 0 Å². The second-order valence-electron chi connectivity index (χ2n) is 3.09. The molecule has 6 heteroatoms. The van der Waals surface area contributed by atoms with Crippen LogP contribution < -0.4 is 0 Å². The van der Waals surface area contributed by atoms with E-state index in [2.05, 4.69) is 15.3 Å². The summed E-state index contributed by atoms with van der Waals surface area (Å²) in [6.45, 7) is -0.103. The maximum atomic E-state index is 9.15. The summed E-state index contributed by atoms with van der Waals surface area (Å²) in [5.74, 6) is 0. The van der Waals surface area contributed by atoms with E-state index in [0.717, 1.165) is 5.56 Å². The SMILES string of the molecule is N#CCn1nnc(CO)c1-c1ccncc1. The van der Waals surface area contributed by atoms with Crippen LogP contribution in [-0.4, -0.2) is 25.1 Å². The Morgan fingerprint density at radius 1 is 1.38 bits per heavy atom. The van der Waals surface area contributed by atoms with E-state index in [9.17, 15) is 0 Å². The first-order valence-corrected chi connectivity index (χ1v) is 4.67. The molecule has 0 aromatic carbocycles. The molecule has 0 aliphatic carbocycles. The highest BCUT2D eigenvalue weighted by Crippen LogP contribution is 2.21. The van der Waals surface area contributed by atoms with Gasteiger partial charge >= 0.3 is 0 Å². The number of aromatic nitrogens is 4. The summed E-state index contributed by atoms with van der Waals surface area (Å²) < 4.78 is 1.46. The van der Waals surface area contributed by atoms with Crippen LogP contribution in [0.2, 0.25) is 0 Å². The number of pyridine rings is 1. The predicted octanol–water partition coefficient (Wildman–Crippen LogP) is 0.356. The minimum Gasteiger partial charge on any atom is -0.390 e. The zero-order chi connectivity index (χ0) is 11.4. The molecule has 6 nitrogen and oxygen atoms in total. The monoisotopic (exact) mass is 215 g/mol. The molecule has 2 rings (SSSR count). The lowest BCUT2D eigenvalue weighted by atomic mass is 10.1. The number of nitrogens with zero attached hydrogens (tertiary/aromatic N) is 5. The van der Waals surface area contributed by atoms with Crippen LogP contribution in [0.1, 0.15) is 5.69 Å². The van der Waals surface area contributed by atoms with Gasteiger partial charge < -0.3 is 5.11 Å². The Bertz CT molecular complexity index is 514. The van der Waals surface area contributed by atoms with E-state index in [0.29, 0.717) is 11.4 Å². The average molecular weight is 215 g/mol. The number of rotatable bonds is 3. The molecule has 2 aromatic rings. The largest absolute Gasteiger partial charge is 0.390 e. The van der Waals surface area contributed by atoms with Crippen LogP contribution >= 0.6 is 0 Å². The van der Waals surface area contributed by atoms with Crippen molar-refractivity contribution in [2.45, 2.75) is 13.2 Å². The Kier molecular flexibility index (Phi) is 2.89. The maximum absolute atomic E-state index is 9.15. The molecule has 0 aliphatic rings. The van der Waals surface area contributed by atoms with Crippen LogP contribution in [0.4, 0.5) is 0 Å². The van der Waals surface area contributed by atoms with Gasteiger partial charge in [0.05, 0.1) is 18.4 Å². The molecular formula is C10H9N5O. The number of aliphatic hydroxyl groups excluding tert-OH is 1. The Labute approximate surface area is 91.8 Å². The molecule has 2 heterocycles. The van der Waals surface area contributed by atoms with E-state index in [4.69, 9.17) is 10.4 Å². The summed E-state index contributed by atoms with van der Waals surface area (Å²) in [6, 6.07) is 5.56. The lowest BCUT2D eigenvalue weighted by molar-refractivity contribution is 0.277. The number of hydrogen-bond donors (Lipinski definition) is 1. The van der Waals surface area contributed by atoms with Gasteiger partial charge in [0.25, 0.3) is 0 Å². The minimum absolute atomic E-state index is 0.102. The smallest absolute Gasteiger partial charge is 0.130 e. The highest BCUT2D eigenvalue weighted by atomic mass is 16.3. The van der Waals surface area contributed by atoms with Gasteiger partial charge in [-0.15, -0.1) is 5.10 Å². The van der Waals surface area contributed by atoms with E-state index < -0.39 is 0 Å². The van der Waals surface area contributed by atoms with Gasteiger partial charge in [-0.3, -0.25) is 4.98 Å². The third-order valence-corrected chi connectivity index (χ3v) is 2.13. The van der Waals surface area contributed by atoms with Gasteiger partial charge in [-0.1, -0.05) is 5.21 Å². The molecular weight excluding hydrogens is 206 g/mol. The summed E-state index contributed by atoms with van der Waals surface area (Å²) in [6.07, 6.45) is 3.28. The molecule has 0 saturated heterocycles. The molecule has 0 aliphatic heterocycles. The molecule has 0 spiro atoms. The van der Waals surface area contributed by atoms with Crippen molar-refractivity contribution < 1.29 is 5.11 Å². The van der Waals surface area contributed by atoms with Crippen molar-refractivity contribution >= 4 is 0 Å². The number of aliphatic hydroxyl groups is 1. The summed E-state index contributed by atoms with van der Waals surface area (Å²) in [7, 11) is 0. The van der Waals surface area contributed by atoms with Crippen LogP contribution in [0.5, 0.6) is 0 Å². The molecule has 0 unspecified atom stereocenters. The van der Waals surface area contributed by atoms with Crippen LogP contribution in [0.15, 0.2) is 24.5 Å². The molecule has 0 saturated carbocycles. The first-order chi connectivity index (χ1) is 7.86. The van der Waals surface area contributed by atoms with Crippen molar-refractivity contribution in [3.63, 3.8) is 0 Å². The predicted molar refractivity (Wildman–Crippen MR) is 54.8 cm³/mol. The molecule has 1 N–H and O–H groups in total. The first kappa shape index (κ1) is 10.3. The topological polar surface area (TPSA) is 87.6 Å². The fourth-order valence-corrected chi connectivity index (χ4v) is 1.46. The van der Waals surface area contributed by atoms with Gasteiger partial charge in [-0.2, -0.15) is 5.26 Å². The van der Waals surface area contributed by atoms with Gasteiger partial charge in [0, 0.05) is 18.0 Å². The van der Waals surface area contributed by atoms with Crippen LogP contribution in [0, 0.1) is 11.3 Å². The lowest BCUT2D eigenvalue weighted by Gasteiger charge is -2.03. The summed E-state index contributed by atoms with van der Waals surface area (Å²) in [5.41, 5.74) is 1.95. The Morgan fingerprint density at radius 3 is 2.75 bits per heavy atom. The Balaban J connectivity index is 2.53. The van der Waals surface area contributed by atoms with Crippen molar-refractivity contribution in [1.82, 2.24) is 20.0 Å². The molecule has 2 aromatic heterocycles. The average Bonchev–Trinajstić information content (AvgIpc) is 2.74. The van der Waals surface area contributed by atoms with E-state index >= 15 is 0 Å². The maximum Gasteiger partial charge on any atom is 0.130 e. The fourth-order valence-electron chi connectivity index (χ4n) is 1.46. The number of nitriles is 1.